The number of hydrogen-bond acceptors (Lipinski definition) is 2. The van der Waals surface area contributed by atoms with Gasteiger partial charge >= 0.3 is 0 Å². The van der Waals surface area contributed by atoms with E-state index >= 15 is 0 Å². The van der Waals surface area contributed by atoms with Crippen molar-refractivity contribution in [1.82, 2.24) is 10.3 Å². The van der Waals surface area contributed by atoms with Crippen LogP contribution in [-0.2, 0) is 0 Å². The lowest BCUT2D eigenvalue weighted by atomic mass is 10.0. The number of nitrogens with zero attached hydrogens (tertiary/aromatic N) is 1. The minimum Gasteiger partial charge on any atom is -0.312 e. The maximum atomic E-state index is 4.76. The van der Waals surface area contributed by atoms with Crippen LogP contribution in [-0.4, -0.2) is 18.1 Å². The first-order valence-corrected chi connectivity index (χ1v) is 6.97. The first-order chi connectivity index (χ1) is 9.88. The molecule has 0 fully saturated rings. The van der Waals surface area contributed by atoms with Crippen LogP contribution in [0.1, 0.15) is 17.8 Å². The van der Waals surface area contributed by atoms with Gasteiger partial charge in [0.2, 0.25) is 0 Å². The first-order valence-electron chi connectivity index (χ1n) is 6.97. The SMILES string of the molecule is C=Cc1nc(C2=CCCNC2)ccc1-c1ccccc1. The Kier molecular flexibility index (Phi) is 3.75. The molecule has 0 atom stereocenters. The van der Waals surface area contributed by atoms with Crippen molar-refractivity contribution in [2.24, 2.45) is 0 Å². The lowest BCUT2D eigenvalue weighted by Gasteiger charge is -2.15. The van der Waals surface area contributed by atoms with Crippen molar-refractivity contribution < 1.29 is 0 Å². The van der Waals surface area contributed by atoms with E-state index in [2.05, 4.69) is 42.2 Å². The average Bonchev–Trinajstić information content (AvgIpc) is 2.56. The molecule has 2 aromatic rings. The van der Waals surface area contributed by atoms with E-state index in [4.69, 9.17) is 4.98 Å². The Hall–Kier alpha value is -2.19. The minimum absolute atomic E-state index is 0.897. The molecule has 1 aliphatic rings. The molecular formula is C18H18N2. The standard InChI is InChI=1S/C18H18N2/c1-2-17-16(14-7-4-3-5-8-14)10-11-18(20-17)15-9-6-12-19-13-15/h2-5,7-11,19H,1,6,12-13H2. The molecular weight excluding hydrogens is 244 g/mol. The average molecular weight is 262 g/mol. The second-order valence-corrected chi connectivity index (χ2v) is 4.89. The number of nitrogens with one attached hydrogen (secondary N) is 1. The molecule has 1 aliphatic heterocycles. The van der Waals surface area contributed by atoms with Crippen LogP contribution < -0.4 is 5.32 Å². The van der Waals surface area contributed by atoms with Gasteiger partial charge in [0.1, 0.15) is 0 Å². The molecule has 0 amide bonds. The van der Waals surface area contributed by atoms with Crippen LogP contribution in [0.15, 0.2) is 55.1 Å². The second-order valence-electron chi connectivity index (χ2n) is 4.89. The Labute approximate surface area is 119 Å². The summed E-state index contributed by atoms with van der Waals surface area (Å²) in [7, 11) is 0. The van der Waals surface area contributed by atoms with Crippen molar-refractivity contribution in [3.63, 3.8) is 0 Å². The molecule has 1 aromatic carbocycles. The zero-order chi connectivity index (χ0) is 13.8. The molecule has 0 radical (unpaired) electrons. The van der Waals surface area contributed by atoms with Crippen LogP contribution in [0.25, 0.3) is 22.8 Å². The Balaban J connectivity index is 2.02. The van der Waals surface area contributed by atoms with E-state index in [0.29, 0.717) is 0 Å². The summed E-state index contributed by atoms with van der Waals surface area (Å²) >= 11 is 0. The van der Waals surface area contributed by atoms with Crippen molar-refractivity contribution >= 4 is 11.6 Å². The molecule has 0 saturated heterocycles. The van der Waals surface area contributed by atoms with Gasteiger partial charge < -0.3 is 5.32 Å². The van der Waals surface area contributed by atoms with E-state index in [1.165, 1.54) is 11.1 Å². The van der Waals surface area contributed by atoms with Crippen LogP contribution in [0.5, 0.6) is 0 Å². The van der Waals surface area contributed by atoms with E-state index in [1.807, 2.05) is 24.3 Å². The molecule has 1 aromatic heterocycles. The topological polar surface area (TPSA) is 24.9 Å². The third-order valence-electron chi connectivity index (χ3n) is 3.56. The zero-order valence-corrected chi connectivity index (χ0v) is 11.5. The van der Waals surface area contributed by atoms with Crippen molar-refractivity contribution in [1.29, 1.82) is 0 Å². The summed E-state index contributed by atoms with van der Waals surface area (Å²) in [5.74, 6) is 0. The molecule has 0 bridgehead atoms. The Morgan fingerprint density at radius 2 is 1.95 bits per heavy atom. The van der Waals surface area contributed by atoms with Crippen molar-refractivity contribution in [3.8, 4) is 11.1 Å². The predicted molar refractivity (Wildman–Crippen MR) is 85.2 cm³/mol. The molecule has 0 saturated carbocycles. The van der Waals surface area contributed by atoms with Gasteiger partial charge in [-0.3, -0.25) is 0 Å². The van der Waals surface area contributed by atoms with E-state index in [1.54, 1.807) is 0 Å². The van der Waals surface area contributed by atoms with Crippen LogP contribution >= 0.6 is 0 Å². The lowest BCUT2D eigenvalue weighted by molar-refractivity contribution is 0.737. The second kappa shape index (κ2) is 5.85. The van der Waals surface area contributed by atoms with Crippen LogP contribution in [0.4, 0.5) is 0 Å². The lowest BCUT2D eigenvalue weighted by Crippen LogP contribution is -2.21. The normalized spacial score (nSPS) is 14.7. The molecule has 0 spiro atoms. The maximum absolute atomic E-state index is 4.76. The molecule has 0 aliphatic carbocycles. The Morgan fingerprint density at radius 3 is 2.65 bits per heavy atom. The van der Waals surface area contributed by atoms with E-state index in [9.17, 15) is 0 Å². The summed E-state index contributed by atoms with van der Waals surface area (Å²) in [6, 6.07) is 14.6. The molecule has 1 N–H and O–H groups in total. The molecule has 20 heavy (non-hydrogen) atoms. The third kappa shape index (κ3) is 2.56. The maximum Gasteiger partial charge on any atom is 0.0709 e. The molecule has 3 rings (SSSR count). The predicted octanol–water partition coefficient (Wildman–Crippen LogP) is 3.77. The fourth-order valence-electron chi connectivity index (χ4n) is 2.51. The zero-order valence-electron chi connectivity index (χ0n) is 11.5. The van der Waals surface area contributed by atoms with Gasteiger partial charge in [0.25, 0.3) is 0 Å². The highest BCUT2D eigenvalue weighted by atomic mass is 14.9. The van der Waals surface area contributed by atoms with E-state index in [-0.39, 0.29) is 0 Å². The fourth-order valence-corrected chi connectivity index (χ4v) is 2.51. The highest BCUT2D eigenvalue weighted by molar-refractivity contribution is 5.75. The van der Waals surface area contributed by atoms with Crippen molar-refractivity contribution in [2.45, 2.75) is 6.42 Å². The van der Waals surface area contributed by atoms with E-state index < -0.39 is 0 Å². The van der Waals surface area contributed by atoms with Crippen molar-refractivity contribution in [2.75, 3.05) is 13.1 Å². The van der Waals surface area contributed by atoms with Gasteiger partial charge in [0.15, 0.2) is 0 Å². The number of pyridine rings is 1. The van der Waals surface area contributed by atoms with Gasteiger partial charge in [-0.25, -0.2) is 4.98 Å². The molecule has 2 heterocycles. The summed E-state index contributed by atoms with van der Waals surface area (Å²) in [4.78, 5) is 4.76. The quantitative estimate of drug-likeness (QED) is 0.910. The monoisotopic (exact) mass is 262 g/mol. The number of benzene rings is 1. The number of rotatable bonds is 3. The Morgan fingerprint density at radius 1 is 1.10 bits per heavy atom. The van der Waals surface area contributed by atoms with Gasteiger partial charge in [-0.1, -0.05) is 49.1 Å². The smallest absolute Gasteiger partial charge is 0.0709 e. The summed E-state index contributed by atoms with van der Waals surface area (Å²) in [5, 5.41) is 3.38. The Bertz CT molecular complexity index is 642. The minimum atomic E-state index is 0.897. The summed E-state index contributed by atoms with van der Waals surface area (Å²) in [6.07, 6.45) is 5.18. The van der Waals surface area contributed by atoms with E-state index in [0.717, 1.165) is 36.5 Å². The van der Waals surface area contributed by atoms with Gasteiger partial charge in [-0.05, 0) is 36.2 Å². The summed E-state index contributed by atoms with van der Waals surface area (Å²) in [6.45, 7) is 5.86. The van der Waals surface area contributed by atoms with Gasteiger partial charge in [0, 0.05) is 12.1 Å². The number of hydrogen-bond donors (Lipinski definition) is 1. The molecule has 2 heteroatoms. The highest BCUT2D eigenvalue weighted by Crippen LogP contribution is 2.25. The van der Waals surface area contributed by atoms with Crippen LogP contribution in [0, 0.1) is 0 Å². The van der Waals surface area contributed by atoms with Crippen LogP contribution in [0.3, 0.4) is 0 Å². The third-order valence-corrected chi connectivity index (χ3v) is 3.56. The fraction of sp³-hybridized carbons (Fsp3) is 0.167. The van der Waals surface area contributed by atoms with Crippen LogP contribution in [0.2, 0.25) is 0 Å². The largest absolute Gasteiger partial charge is 0.312 e. The number of aromatic nitrogens is 1. The molecule has 100 valence electrons. The first kappa shape index (κ1) is 12.8. The molecule has 0 unspecified atom stereocenters. The highest BCUT2D eigenvalue weighted by Gasteiger charge is 2.10. The van der Waals surface area contributed by atoms with Gasteiger partial charge in [-0.2, -0.15) is 0 Å². The summed E-state index contributed by atoms with van der Waals surface area (Å²) < 4.78 is 0. The summed E-state index contributed by atoms with van der Waals surface area (Å²) in [5.41, 5.74) is 5.58. The van der Waals surface area contributed by atoms with Crippen molar-refractivity contribution in [3.05, 3.63) is 66.5 Å². The van der Waals surface area contributed by atoms with Gasteiger partial charge in [-0.15, -0.1) is 0 Å². The molecule has 2 nitrogen and oxygen atoms in total. The van der Waals surface area contributed by atoms with Gasteiger partial charge in [0.05, 0.1) is 11.4 Å².